The van der Waals surface area contributed by atoms with Gasteiger partial charge < -0.3 is 19.9 Å². The molecule has 1 aliphatic heterocycles. The van der Waals surface area contributed by atoms with Crippen LogP contribution in [-0.2, 0) is 22.6 Å². The number of methoxy groups -OCH3 is 1. The highest BCUT2D eigenvalue weighted by molar-refractivity contribution is 5.98. The number of esters is 1. The molecule has 0 unspecified atom stereocenters. The molecule has 0 aliphatic carbocycles. The average Bonchev–Trinajstić information content (AvgIpc) is 3.07. The molecule has 0 bridgehead atoms. The number of rotatable bonds is 10. The van der Waals surface area contributed by atoms with Gasteiger partial charge in [0.1, 0.15) is 23.7 Å². The molecule has 0 saturated carbocycles. The Morgan fingerprint density at radius 2 is 2.07 bits per heavy atom. The van der Waals surface area contributed by atoms with Crippen LogP contribution in [0.15, 0.2) is 11.6 Å². The molecule has 1 aromatic rings. The summed E-state index contributed by atoms with van der Waals surface area (Å²) in [4.78, 5) is 23.8. The fraction of sp³-hybridized carbons (Fsp3) is 0.545. The van der Waals surface area contributed by atoms with Gasteiger partial charge in [0, 0.05) is 24.1 Å². The normalized spacial score (nSPS) is 13.3. The lowest BCUT2D eigenvalue weighted by atomic mass is 9.94. The molecule has 6 heteroatoms. The molecular formula is C22H31NO5. The Balaban J connectivity index is 2.03. The van der Waals surface area contributed by atoms with Gasteiger partial charge in [-0.05, 0) is 38.7 Å². The van der Waals surface area contributed by atoms with E-state index in [1.54, 1.807) is 7.11 Å². The van der Waals surface area contributed by atoms with Gasteiger partial charge >= 0.3 is 5.97 Å². The third-order valence-electron chi connectivity index (χ3n) is 5.15. The van der Waals surface area contributed by atoms with E-state index in [9.17, 15) is 14.7 Å². The number of allylic oxidation sites excluding steroid dienone is 2. The number of carbonyl (C=O) groups is 2. The van der Waals surface area contributed by atoms with Crippen LogP contribution in [0.1, 0.15) is 73.0 Å². The predicted octanol–water partition coefficient (Wildman–Crippen LogP) is 3.96. The molecule has 0 aromatic heterocycles. The zero-order valence-corrected chi connectivity index (χ0v) is 17.3. The van der Waals surface area contributed by atoms with Gasteiger partial charge in [0.2, 0.25) is 5.91 Å². The number of fused-ring (bicyclic) bond motifs is 1. The van der Waals surface area contributed by atoms with Crippen molar-refractivity contribution in [2.24, 2.45) is 0 Å². The first-order valence-electron chi connectivity index (χ1n) is 9.91. The molecule has 2 N–H and O–H groups in total. The van der Waals surface area contributed by atoms with Crippen LogP contribution in [0.2, 0.25) is 0 Å². The van der Waals surface area contributed by atoms with E-state index in [-0.39, 0.29) is 23.8 Å². The molecule has 0 fully saturated rings. The van der Waals surface area contributed by atoms with Gasteiger partial charge in [-0.1, -0.05) is 31.4 Å². The van der Waals surface area contributed by atoms with Crippen molar-refractivity contribution in [3.63, 3.8) is 0 Å². The van der Waals surface area contributed by atoms with E-state index in [1.807, 2.05) is 19.9 Å². The fourth-order valence-electron chi connectivity index (χ4n) is 3.41. The molecule has 154 valence electrons. The van der Waals surface area contributed by atoms with Crippen LogP contribution in [0.4, 0.5) is 0 Å². The van der Waals surface area contributed by atoms with Crippen LogP contribution >= 0.6 is 0 Å². The number of unbranched alkanes of at least 4 members (excludes halogenated alkanes) is 2. The summed E-state index contributed by atoms with van der Waals surface area (Å²) in [6.07, 6.45) is 6.73. The number of hydrogen-bond donors (Lipinski definition) is 2. The van der Waals surface area contributed by atoms with E-state index in [1.165, 1.54) is 0 Å². The molecule has 1 aliphatic rings. The maximum absolute atomic E-state index is 12.0. The number of cyclic esters (lactones) is 1. The highest BCUT2D eigenvalue weighted by Crippen LogP contribution is 2.42. The molecule has 2 rings (SSSR count). The predicted molar refractivity (Wildman–Crippen MR) is 108 cm³/mol. The Kier molecular flexibility index (Phi) is 7.91. The quantitative estimate of drug-likeness (QED) is 0.359. The topological polar surface area (TPSA) is 84.9 Å². The summed E-state index contributed by atoms with van der Waals surface area (Å²) < 4.78 is 10.6. The zero-order valence-electron chi connectivity index (χ0n) is 17.3. The number of amides is 1. The van der Waals surface area contributed by atoms with Crippen LogP contribution in [-0.4, -0.2) is 30.6 Å². The van der Waals surface area contributed by atoms with Gasteiger partial charge in [0.15, 0.2) is 0 Å². The molecule has 0 spiro atoms. The lowest BCUT2D eigenvalue weighted by molar-refractivity contribution is -0.121. The molecule has 28 heavy (non-hydrogen) atoms. The van der Waals surface area contributed by atoms with E-state index in [0.29, 0.717) is 36.1 Å². The van der Waals surface area contributed by atoms with Crippen LogP contribution < -0.4 is 10.1 Å². The Morgan fingerprint density at radius 3 is 2.75 bits per heavy atom. The Morgan fingerprint density at radius 1 is 1.32 bits per heavy atom. The van der Waals surface area contributed by atoms with E-state index in [2.05, 4.69) is 12.2 Å². The number of nitrogens with one attached hydrogen (secondary N) is 1. The molecule has 1 aromatic carbocycles. The van der Waals surface area contributed by atoms with Crippen LogP contribution in [0.5, 0.6) is 11.5 Å². The summed E-state index contributed by atoms with van der Waals surface area (Å²) in [6, 6.07) is 0. The Bertz CT molecular complexity index is 767. The third-order valence-corrected chi connectivity index (χ3v) is 5.15. The Labute approximate surface area is 166 Å². The smallest absolute Gasteiger partial charge is 0.342 e. The summed E-state index contributed by atoms with van der Waals surface area (Å²) in [7, 11) is 1.55. The zero-order chi connectivity index (χ0) is 20.7. The molecule has 0 radical (unpaired) electrons. The minimum Gasteiger partial charge on any atom is -0.507 e. The number of phenols is 1. The highest BCUT2D eigenvalue weighted by Gasteiger charge is 2.31. The number of benzene rings is 1. The van der Waals surface area contributed by atoms with Crippen molar-refractivity contribution in [2.45, 2.75) is 65.9 Å². The van der Waals surface area contributed by atoms with Crippen molar-refractivity contribution < 1.29 is 24.2 Å². The lowest BCUT2D eigenvalue weighted by Crippen LogP contribution is -2.24. The molecule has 1 amide bonds. The molecule has 0 atom stereocenters. The maximum Gasteiger partial charge on any atom is 0.342 e. The third kappa shape index (κ3) is 5.06. The second kappa shape index (κ2) is 10.2. The summed E-state index contributed by atoms with van der Waals surface area (Å²) in [6.45, 7) is 6.84. The molecule has 1 heterocycles. The summed E-state index contributed by atoms with van der Waals surface area (Å²) in [5.41, 5.74) is 3.36. The largest absolute Gasteiger partial charge is 0.507 e. The van der Waals surface area contributed by atoms with Crippen molar-refractivity contribution >= 4 is 11.9 Å². The molecule has 6 nitrogen and oxygen atoms in total. The van der Waals surface area contributed by atoms with E-state index in [4.69, 9.17) is 9.47 Å². The van der Waals surface area contributed by atoms with Gasteiger partial charge in [-0.15, -0.1) is 0 Å². The first-order valence-corrected chi connectivity index (χ1v) is 9.91. The van der Waals surface area contributed by atoms with E-state index >= 15 is 0 Å². The number of hydrogen-bond acceptors (Lipinski definition) is 5. The molecular weight excluding hydrogens is 358 g/mol. The number of carbonyl (C=O) groups excluding carboxylic acids is 2. The number of ether oxygens (including phenoxy) is 2. The summed E-state index contributed by atoms with van der Waals surface area (Å²) >= 11 is 0. The highest BCUT2D eigenvalue weighted by atomic mass is 16.5. The van der Waals surface area contributed by atoms with Gasteiger partial charge in [-0.25, -0.2) is 4.79 Å². The minimum atomic E-state index is -0.500. The van der Waals surface area contributed by atoms with Crippen molar-refractivity contribution in [3.05, 3.63) is 33.9 Å². The van der Waals surface area contributed by atoms with E-state index < -0.39 is 5.97 Å². The van der Waals surface area contributed by atoms with E-state index in [0.717, 1.165) is 36.9 Å². The summed E-state index contributed by atoms with van der Waals surface area (Å²) in [5, 5.41) is 13.6. The minimum absolute atomic E-state index is 0.0559. The van der Waals surface area contributed by atoms with Crippen LogP contribution in [0, 0.1) is 6.92 Å². The second-order valence-corrected chi connectivity index (χ2v) is 7.23. The van der Waals surface area contributed by atoms with Gasteiger partial charge in [-0.2, -0.15) is 0 Å². The number of aromatic hydroxyl groups is 1. The summed E-state index contributed by atoms with van der Waals surface area (Å²) in [5.74, 6) is 0.0604. The van der Waals surface area contributed by atoms with Crippen molar-refractivity contribution in [2.75, 3.05) is 13.7 Å². The Hall–Kier alpha value is -2.50. The monoisotopic (exact) mass is 389 g/mol. The van der Waals surface area contributed by atoms with Crippen LogP contribution in [0.3, 0.4) is 0 Å². The van der Waals surface area contributed by atoms with Crippen molar-refractivity contribution in [1.29, 1.82) is 0 Å². The SMILES string of the molecule is CCCCCNC(=O)CC/C(C)=C/Cc1c(O)c2c(c(C)c1OC)COC2=O. The van der Waals surface area contributed by atoms with Crippen molar-refractivity contribution in [1.82, 2.24) is 5.32 Å². The second-order valence-electron chi connectivity index (χ2n) is 7.23. The standard InChI is InChI=1S/C22H31NO5/c1-5-6-7-12-23-18(24)11-9-14(2)8-10-16-20(25)19-17(13-28-22(19)26)15(3)21(16)27-4/h8,25H,5-7,9-13H2,1-4H3,(H,23,24)/b14-8+. The average molecular weight is 389 g/mol. The lowest BCUT2D eigenvalue weighted by Gasteiger charge is -2.15. The van der Waals surface area contributed by atoms with Gasteiger partial charge in [0.05, 0.1) is 7.11 Å². The first-order chi connectivity index (χ1) is 13.4. The van der Waals surface area contributed by atoms with Gasteiger partial charge in [-0.3, -0.25) is 4.79 Å². The fourth-order valence-corrected chi connectivity index (χ4v) is 3.41. The molecule has 0 saturated heterocycles. The maximum atomic E-state index is 12.0. The van der Waals surface area contributed by atoms with Crippen LogP contribution in [0.25, 0.3) is 0 Å². The van der Waals surface area contributed by atoms with Crippen molar-refractivity contribution in [3.8, 4) is 11.5 Å². The first kappa shape index (κ1) is 21.8. The van der Waals surface area contributed by atoms with Gasteiger partial charge in [0.25, 0.3) is 0 Å². The number of phenolic OH excluding ortho intramolecular Hbond substituents is 1.